The van der Waals surface area contributed by atoms with Gasteiger partial charge in [-0.15, -0.1) is 0 Å². The molecule has 0 saturated carbocycles. The van der Waals surface area contributed by atoms with Crippen molar-refractivity contribution in [2.24, 2.45) is 0 Å². The summed E-state index contributed by atoms with van der Waals surface area (Å²) in [5, 5.41) is 11.8. The molecule has 0 spiro atoms. The first kappa shape index (κ1) is 87.2. The number of carboxylic acid groups (broad SMARTS) is 1. The van der Waals surface area contributed by atoms with E-state index in [0.29, 0.717) is 17.4 Å². The highest BCUT2D eigenvalue weighted by Gasteiger charge is 2.22. The van der Waals surface area contributed by atoms with Gasteiger partial charge in [-0.1, -0.05) is 355 Å². The van der Waals surface area contributed by atoms with Crippen LogP contribution in [-0.4, -0.2) is 82.3 Å². The van der Waals surface area contributed by atoms with Gasteiger partial charge in [0.15, 0.2) is 12.4 Å². The highest BCUT2D eigenvalue weighted by Crippen LogP contribution is 2.19. The Labute approximate surface area is 562 Å². The number of hydrogen-bond donors (Lipinski definition) is 0. The maximum absolute atomic E-state index is 12.9. The molecule has 0 heterocycles. The number of rotatable bonds is 71. The molecule has 0 saturated heterocycles. The average Bonchev–Trinajstić information content (AvgIpc) is 3.65. The fourth-order valence-corrected chi connectivity index (χ4v) is 11.0. The van der Waals surface area contributed by atoms with Crippen LogP contribution in [0, 0.1) is 0 Å². The highest BCUT2D eigenvalue weighted by molar-refractivity contribution is 5.70. The van der Waals surface area contributed by atoms with Crippen molar-refractivity contribution in [3.63, 3.8) is 0 Å². The molecule has 0 fully saturated rings. The Kier molecular flexibility index (Phi) is 69.0. The molecular formula is C82H145NO8. The molecule has 0 aromatic heterocycles. The smallest absolute Gasteiger partial charge is 0.306 e. The highest BCUT2D eigenvalue weighted by atomic mass is 16.7. The van der Waals surface area contributed by atoms with Crippen molar-refractivity contribution in [1.82, 2.24) is 0 Å². The molecule has 0 aromatic carbocycles. The zero-order valence-corrected chi connectivity index (χ0v) is 60.2. The van der Waals surface area contributed by atoms with Gasteiger partial charge in [0.25, 0.3) is 0 Å². The van der Waals surface area contributed by atoms with Crippen LogP contribution in [0.25, 0.3) is 0 Å². The number of esters is 2. The van der Waals surface area contributed by atoms with Crippen LogP contribution in [0.5, 0.6) is 0 Å². The number of likely N-dealkylation sites (N-methyl/N-ethyl adjacent to an activating group) is 1. The molecule has 91 heavy (non-hydrogen) atoms. The second kappa shape index (κ2) is 72.0. The van der Waals surface area contributed by atoms with E-state index in [0.717, 1.165) is 109 Å². The molecule has 0 N–H and O–H groups in total. The van der Waals surface area contributed by atoms with Crippen LogP contribution in [0.3, 0.4) is 0 Å². The average molecular weight is 1270 g/mol. The summed E-state index contributed by atoms with van der Waals surface area (Å²) < 4.78 is 22.8. The summed E-state index contributed by atoms with van der Waals surface area (Å²) in [4.78, 5) is 37.6. The van der Waals surface area contributed by atoms with E-state index in [1.54, 1.807) is 0 Å². The van der Waals surface area contributed by atoms with Crippen molar-refractivity contribution in [2.45, 2.75) is 360 Å². The molecule has 0 aliphatic heterocycles. The number of quaternary nitrogens is 1. The molecule has 0 bridgehead atoms. The lowest BCUT2D eigenvalue weighted by Gasteiger charge is -2.26. The second-order valence-corrected chi connectivity index (χ2v) is 26.9. The van der Waals surface area contributed by atoms with Gasteiger partial charge in [-0.2, -0.15) is 0 Å². The summed E-state index contributed by atoms with van der Waals surface area (Å²) in [6, 6.07) is 0. The molecule has 2 unspecified atom stereocenters. The topological polar surface area (TPSA) is 111 Å². The van der Waals surface area contributed by atoms with E-state index in [2.05, 4.69) is 111 Å². The molecule has 9 heteroatoms. The monoisotopic (exact) mass is 1270 g/mol. The number of carbonyl (C=O) groups is 3. The van der Waals surface area contributed by atoms with Gasteiger partial charge in [-0.25, -0.2) is 0 Å². The standard InChI is InChI=1S/C82H145NO8/c1-6-8-10-12-14-16-18-20-22-24-26-28-30-32-34-36-38-39-40-41-43-44-46-48-50-52-54-56-58-60-62-64-66-68-70-72-79(84)89-76-78(77-90-82(81(86)87)88-75-74-83(3,4)5)91-80(85)73-71-69-67-65-63-61-59-57-55-53-51-49-47-45-42-37-35-33-31-29-27-25-23-21-19-17-15-13-11-9-7-2/h9,11,15,17,21,23,27,29,33,35,42,45,49,51,55,57,78,82H,6-8,10,12-14,16,18-20,22,24-26,28,30-32,34,36-41,43-44,46-48,50,52-54,56,58-77H2,1-5H3/b11-9-,17-15-,23-21-,29-27-,35-33-,45-42-,51-49-,57-55-. The van der Waals surface area contributed by atoms with E-state index in [1.165, 1.54) is 205 Å². The van der Waals surface area contributed by atoms with E-state index < -0.39 is 24.3 Å². The molecular weight excluding hydrogens is 1130 g/mol. The lowest BCUT2D eigenvalue weighted by Crippen LogP contribution is -2.44. The van der Waals surface area contributed by atoms with E-state index in [-0.39, 0.29) is 38.6 Å². The fourth-order valence-electron chi connectivity index (χ4n) is 11.0. The molecule has 526 valence electrons. The molecule has 9 nitrogen and oxygen atoms in total. The summed E-state index contributed by atoms with van der Waals surface area (Å²) >= 11 is 0. The fraction of sp³-hybridized carbons (Fsp3) is 0.768. The predicted octanol–water partition coefficient (Wildman–Crippen LogP) is 23.0. The Hall–Kier alpha value is -3.79. The van der Waals surface area contributed by atoms with Gasteiger partial charge in [0.1, 0.15) is 13.2 Å². The lowest BCUT2D eigenvalue weighted by atomic mass is 10.0. The third kappa shape index (κ3) is 73.5. The third-order valence-corrected chi connectivity index (χ3v) is 16.8. The summed E-state index contributed by atoms with van der Waals surface area (Å²) in [5.74, 6) is -2.29. The summed E-state index contributed by atoms with van der Waals surface area (Å²) in [7, 11) is 5.93. The Bertz CT molecular complexity index is 1820. The zero-order chi connectivity index (χ0) is 66.1. The second-order valence-electron chi connectivity index (χ2n) is 26.9. The van der Waals surface area contributed by atoms with E-state index in [9.17, 15) is 19.5 Å². The van der Waals surface area contributed by atoms with Gasteiger partial charge in [0.05, 0.1) is 40.3 Å². The largest absolute Gasteiger partial charge is 0.545 e. The Morgan fingerprint density at radius 1 is 0.341 bits per heavy atom. The molecule has 0 aliphatic carbocycles. The molecule has 2 atom stereocenters. The lowest BCUT2D eigenvalue weighted by molar-refractivity contribution is -0.870. The Balaban J connectivity index is 4.08. The van der Waals surface area contributed by atoms with Crippen molar-refractivity contribution in [3.8, 4) is 0 Å². The van der Waals surface area contributed by atoms with Gasteiger partial charge in [0, 0.05) is 12.8 Å². The zero-order valence-electron chi connectivity index (χ0n) is 60.2. The quantitative estimate of drug-likeness (QED) is 0.0195. The minimum atomic E-state index is -1.63. The van der Waals surface area contributed by atoms with E-state index in [1.807, 2.05) is 21.1 Å². The van der Waals surface area contributed by atoms with E-state index >= 15 is 0 Å². The van der Waals surface area contributed by atoms with Crippen LogP contribution in [0.15, 0.2) is 97.2 Å². The number of ether oxygens (including phenoxy) is 4. The number of nitrogens with zero attached hydrogens (tertiary/aromatic N) is 1. The van der Waals surface area contributed by atoms with Gasteiger partial charge in [-0.3, -0.25) is 9.59 Å². The Morgan fingerprint density at radius 2 is 0.626 bits per heavy atom. The number of carboxylic acids is 1. The molecule has 0 aliphatic rings. The molecule has 0 amide bonds. The first-order valence-corrected chi connectivity index (χ1v) is 38.4. The van der Waals surface area contributed by atoms with Crippen molar-refractivity contribution >= 4 is 17.9 Å². The Morgan fingerprint density at radius 3 is 0.934 bits per heavy atom. The van der Waals surface area contributed by atoms with Gasteiger partial charge >= 0.3 is 11.9 Å². The van der Waals surface area contributed by atoms with Crippen molar-refractivity contribution < 1.29 is 42.9 Å². The minimum absolute atomic E-state index is 0.141. The number of hydrogen-bond acceptors (Lipinski definition) is 8. The van der Waals surface area contributed by atoms with Crippen LogP contribution in [0.2, 0.25) is 0 Å². The minimum Gasteiger partial charge on any atom is -0.545 e. The maximum atomic E-state index is 12.9. The van der Waals surface area contributed by atoms with Crippen LogP contribution in [0.4, 0.5) is 0 Å². The normalized spacial score (nSPS) is 13.2. The third-order valence-electron chi connectivity index (χ3n) is 16.8. The molecule has 0 aromatic rings. The number of unbranched alkanes of at least 4 members (excludes halogenated alkanes) is 40. The molecule has 0 radical (unpaired) electrons. The van der Waals surface area contributed by atoms with E-state index in [4.69, 9.17) is 18.9 Å². The van der Waals surface area contributed by atoms with Crippen LogP contribution in [0.1, 0.15) is 348 Å². The predicted molar refractivity (Wildman–Crippen MR) is 389 cm³/mol. The first-order valence-electron chi connectivity index (χ1n) is 38.4. The summed E-state index contributed by atoms with van der Waals surface area (Å²) in [6.45, 7) is 4.66. The van der Waals surface area contributed by atoms with Crippen molar-refractivity contribution in [3.05, 3.63) is 97.2 Å². The van der Waals surface area contributed by atoms with Gasteiger partial charge in [-0.05, 0) is 77.0 Å². The van der Waals surface area contributed by atoms with Crippen LogP contribution in [-0.2, 0) is 33.3 Å². The number of aliphatic carboxylic acids is 1. The number of carbonyl (C=O) groups excluding carboxylic acids is 3. The SMILES string of the molecule is CC/C=C\C/C=C\C/C=C\C/C=C\C/C=C\C/C=C\C/C=C\C/C=C\CCCCCCCCC(=O)OC(COC(=O)CCCCCCCCCCCCCCCCCCCCCCCCCCCCCCCCCCCCC)COC(OCC[N+](C)(C)C)C(=O)[O-]. The van der Waals surface area contributed by atoms with Crippen LogP contribution >= 0.6 is 0 Å². The van der Waals surface area contributed by atoms with Crippen molar-refractivity contribution in [2.75, 3.05) is 47.5 Å². The summed E-state index contributed by atoms with van der Waals surface area (Å²) in [5.41, 5.74) is 0. The number of allylic oxidation sites excluding steroid dienone is 16. The summed E-state index contributed by atoms with van der Waals surface area (Å²) in [6.07, 6.45) is 96.6. The van der Waals surface area contributed by atoms with Crippen LogP contribution < -0.4 is 5.11 Å². The van der Waals surface area contributed by atoms with Gasteiger partial charge < -0.3 is 33.3 Å². The maximum Gasteiger partial charge on any atom is 0.306 e. The first-order chi connectivity index (χ1) is 44.6. The van der Waals surface area contributed by atoms with Crippen molar-refractivity contribution in [1.29, 1.82) is 0 Å². The van der Waals surface area contributed by atoms with Gasteiger partial charge in [0.2, 0.25) is 0 Å². The molecule has 0 rings (SSSR count).